The second-order valence-corrected chi connectivity index (χ2v) is 8.33. The molecular weight excluding hydrogens is 509 g/mol. The van der Waals surface area contributed by atoms with Crippen molar-refractivity contribution in [1.82, 2.24) is 5.32 Å². The molecule has 3 aromatic carbocycles. The molecule has 3 aromatic rings. The standard InChI is InChI=1S/C24H15ClF5N3O3/c1-10(34)31-15-8-17-20(21(33-23(17)36)16-7-13(26)2-3-18(16)25)19(9-15)32-22(35)11-4-12(24(28,29)30)6-14(27)5-11/h2-9,21H,1H3,(H,31,34)(H,32,35)(H,33,36). The maximum Gasteiger partial charge on any atom is 0.416 e. The zero-order chi connectivity index (χ0) is 26.4. The van der Waals surface area contributed by atoms with E-state index in [0.29, 0.717) is 12.1 Å². The van der Waals surface area contributed by atoms with E-state index in [-0.39, 0.29) is 39.2 Å². The Morgan fingerprint density at radius 2 is 1.69 bits per heavy atom. The first kappa shape index (κ1) is 25.1. The van der Waals surface area contributed by atoms with E-state index >= 15 is 0 Å². The molecule has 0 saturated heterocycles. The van der Waals surface area contributed by atoms with Crippen LogP contribution in [0.2, 0.25) is 5.02 Å². The topological polar surface area (TPSA) is 87.3 Å². The van der Waals surface area contributed by atoms with Gasteiger partial charge in [0.2, 0.25) is 5.91 Å². The average molecular weight is 524 g/mol. The normalized spacial score (nSPS) is 14.8. The van der Waals surface area contributed by atoms with E-state index < -0.39 is 52.7 Å². The summed E-state index contributed by atoms with van der Waals surface area (Å²) in [5.41, 5.74) is -1.74. The molecule has 1 heterocycles. The molecule has 6 nitrogen and oxygen atoms in total. The summed E-state index contributed by atoms with van der Waals surface area (Å²) < 4.78 is 67.2. The number of alkyl halides is 3. The second-order valence-electron chi connectivity index (χ2n) is 7.92. The van der Waals surface area contributed by atoms with Crippen LogP contribution in [0.3, 0.4) is 0 Å². The molecular formula is C24H15ClF5N3O3. The first-order valence-corrected chi connectivity index (χ1v) is 10.6. The van der Waals surface area contributed by atoms with Crippen molar-refractivity contribution in [2.45, 2.75) is 19.1 Å². The lowest BCUT2D eigenvalue weighted by Crippen LogP contribution is -2.21. The van der Waals surface area contributed by atoms with Gasteiger partial charge >= 0.3 is 6.18 Å². The molecule has 1 aliphatic heterocycles. The quantitative estimate of drug-likeness (QED) is 0.385. The third kappa shape index (κ3) is 5.01. The smallest absolute Gasteiger partial charge is 0.341 e. The van der Waals surface area contributed by atoms with Crippen LogP contribution in [0.4, 0.5) is 33.3 Å². The van der Waals surface area contributed by atoms with Gasteiger partial charge in [-0.05, 0) is 48.5 Å². The summed E-state index contributed by atoms with van der Waals surface area (Å²) in [6.07, 6.45) is -4.90. The van der Waals surface area contributed by atoms with Crippen molar-refractivity contribution in [3.8, 4) is 0 Å². The molecule has 4 rings (SSSR count). The van der Waals surface area contributed by atoms with Crippen LogP contribution in [0.25, 0.3) is 0 Å². The monoisotopic (exact) mass is 523 g/mol. The van der Waals surface area contributed by atoms with Gasteiger partial charge in [0.25, 0.3) is 11.8 Å². The Bertz CT molecular complexity index is 1420. The fourth-order valence-corrected chi connectivity index (χ4v) is 4.09. The van der Waals surface area contributed by atoms with Gasteiger partial charge in [0, 0.05) is 45.6 Å². The molecule has 36 heavy (non-hydrogen) atoms. The maximum absolute atomic E-state index is 14.0. The summed E-state index contributed by atoms with van der Waals surface area (Å²) in [6.45, 7) is 1.20. The number of carbonyl (C=O) groups is 3. The predicted molar refractivity (Wildman–Crippen MR) is 121 cm³/mol. The van der Waals surface area contributed by atoms with Crippen molar-refractivity contribution < 1.29 is 36.3 Å². The third-order valence-corrected chi connectivity index (χ3v) is 5.66. The molecule has 1 atom stereocenters. The minimum atomic E-state index is -4.90. The molecule has 0 bridgehead atoms. The minimum absolute atomic E-state index is 0.00268. The summed E-state index contributed by atoms with van der Waals surface area (Å²) in [6, 6.07) is 6.33. The van der Waals surface area contributed by atoms with E-state index in [4.69, 9.17) is 11.6 Å². The van der Waals surface area contributed by atoms with Crippen LogP contribution in [-0.4, -0.2) is 17.7 Å². The van der Waals surface area contributed by atoms with Gasteiger partial charge in [0.1, 0.15) is 11.6 Å². The number of rotatable bonds is 4. The van der Waals surface area contributed by atoms with E-state index in [1.165, 1.54) is 25.1 Å². The highest BCUT2D eigenvalue weighted by Gasteiger charge is 2.36. The highest BCUT2D eigenvalue weighted by atomic mass is 35.5. The second kappa shape index (κ2) is 9.23. The van der Waals surface area contributed by atoms with Crippen molar-refractivity contribution in [3.63, 3.8) is 0 Å². The zero-order valence-electron chi connectivity index (χ0n) is 18.2. The fraction of sp³-hybridized carbons (Fsp3) is 0.125. The molecule has 0 spiro atoms. The van der Waals surface area contributed by atoms with Crippen molar-refractivity contribution in [2.24, 2.45) is 0 Å². The van der Waals surface area contributed by atoms with Crippen molar-refractivity contribution in [2.75, 3.05) is 10.6 Å². The molecule has 0 aliphatic carbocycles. The highest BCUT2D eigenvalue weighted by Crippen LogP contribution is 2.41. The number of nitrogens with one attached hydrogen (secondary N) is 3. The van der Waals surface area contributed by atoms with Gasteiger partial charge in [-0.2, -0.15) is 13.2 Å². The van der Waals surface area contributed by atoms with E-state index in [1.54, 1.807) is 0 Å². The van der Waals surface area contributed by atoms with Crippen LogP contribution in [0, 0.1) is 11.6 Å². The number of anilines is 2. The zero-order valence-corrected chi connectivity index (χ0v) is 18.9. The van der Waals surface area contributed by atoms with Crippen molar-refractivity contribution in [1.29, 1.82) is 0 Å². The Morgan fingerprint density at radius 3 is 2.36 bits per heavy atom. The number of amides is 3. The molecule has 0 radical (unpaired) electrons. The van der Waals surface area contributed by atoms with E-state index in [2.05, 4.69) is 16.0 Å². The predicted octanol–water partition coefficient (Wildman–Crippen LogP) is 5.68. The number of benzene rings is 3. The highest BCUT2D eigenvalue weighted by molar-refractivity contribution is 6.31. The Morgan fingerprint density at radius 1 is 0.972 bits per heavy atom. The van der Waals surface area contributed by atoms with Crippen molar-refractivity contribution >= 4 is 40.7 Å². The van der Waals surface area contributed by atoms with Gasteiger partial charge in [0.15, 0.2) is 0 Å². The third-order valence-electron chi connectivity index (χ3n) is 5.31. The summed E-state index contributed by atoms with van der Waals surface area (Å²) in [4.78, 5) is 37.2. The Hall–Kier alpha value is -3.99. The lowest BCUT2D eigenvalue weighted by atomic mass is 9.95. The van der Waals surface area contributed by atoms with Crippen molar-refractivity contribution in [3.05, 3.63) is 93.0 Å². The lowest BCUT2D eigenvalue weighted by molar-refractivity contribution is -0.137. The maximum atomic E-state index is 14.0. The van der Waals surface area contributed by atoms with Crippen LogP contribution >= 0.6 is 11.6 Å². The number of hydrogen-bond donors (Lipinski definition) is 3. The first-order valence-electron chi connectivity index (χ1n) is 10.2. The van der Waals surface area contributed by atoms with E-state index in [1.807, 2.05) is 0 Å². The summed E-state index contributed by atoms with van der Waals surface area (Å²) in [5, 5.41) is 7.54. The molecule has 0 fully saturated rings. The molecule has 3 N–H and O–H groups in total. The van der Waals surface area contributed by atoms with Crippen LogP contribution in [0.15, 0.2) is 48.5 Å². The van der Waals surface area contributed by atoms with Crippen LogP contribution in [0.1, 0.15) is 50.4 Å². The van der Waals surface area contributed by atoms with E-state index in [9.17, 15) is 36.3 Å². The summed E-state index contributed by atoms with van der Waals surface area (Å²) >= 11 is 6.21. The Kier molecular flexibility index (Phi) is 6.44. The summed E-state index contributed by atoms with van der Waals surface area (Å²) in [5.74, 6) is -4.20. The Labute approximate surface area is 205 Å². The number of halogens is 6. The van der Waals surface area contributed by atoms with E-state index in [0.717, 1.165) is 12.1 Å². The minimum Gasteiger partial charge on any atom is -0.341 e. The van der Waals surface area contributed by atoms with Gasteiger partial charge in [-0.3, -0.25) is 14.4 Å². The molecule has 186 valence electrons. The summed E-state index contributed by atoms with van der Waals surface area (Å²) in [7, 11) is 0. The average Bonchev–Trinajstić information content (AvgIpc) is 3.10. The molecule has 12 heteroatoms. The molecule has 0 aromatic heterocycles. The van der Waals surface area contributed by atoms with Gasteiger partial charge in [-0.1, -0.05) is 11.6 Å². The van der Waals surface area contributed by atoms with Gasteiger partial charge in [-0.15, -0.1) is 0 Å². The van der Waals surface area contributed by atoms with Gasteiger partial charge in [0.05, 0.1) is 11.6 Å². The lowest BCUT2D eigenvalue weighted by Gasteiger charge is -2.19. The van der Waals surface area contributed by atoms with Crippen LogP contribution in [0.5, 0.6) is 0 Å². The number of hydrogen-bond acceptors (Lipinski definition) is 3. The first-order chi connectivity index (χ1) is 16.8. The van der Waals surface area contributed by atoms with Crippen LogP contribution in [-0.2, 0) is 11.0 Å². The SMILES string of the molecule is CC(=O)Nc1cc(NC(=O)c2cc(F)cc(C(F)(F)F)c2)c2c(c1)C(=O)NC2c1cc(F)ccc1Cl. The molecule has 1 aliphatic rings. The van der Waals surface area contributed by atoms with Gasteiger partial charge < -0.3 is 16.0 Å². The molecule has 0 saturated carbocycles. The Balaban J connectivity index is 1.84. The largest absolute Gasteiger partial charge is 0.416 e. The molecule has 1 unspecified atom stereocenters. The number of fused-ring (bicyclic) bond motifs is 1. The number of carbonyl (C=O) groups excluding carboxylic acids is 3. The van der Waals surface area contributed by atoms with Crippen LogP contribution < -0.4 is 16.0 Å². The molecule has 3 amide bonds. The van der Waals surface area contributed by atoms with Gasteiger partial charge in [-0.25, -0.2) is 8.78 Å². The fourth-order valence-electron chi connectivity index (χ4n) is 3.86.